The zero-order valence-corrected chi connectivity index (χ0v) is 8.33. The van der Waals surface area contributed by atoms with Crippen LogP contribution in [0, 0.1) is 11.8 Å². The lowest BCUT2D eigenvalue weighted by atomic mass is 9.78. The SMILES string of the molecule is CC1CCC([C@@H](N)CC(N)=O)CC1. The molecule has 0 aromatic heterocycles. The van der Waals surface area contributed by atoms with Crippen LogP contribution in [0.5, 0.6) is 0 Å². The van der Waals surface area contributed by atoms with Gasteiger partial charge < -0.3 is 11.5 Å². The van der Waals surface area contributed by atoms with E-state index in [0.29, 0.717) is 12.3 Å². The van der Waals surface area contributed by atoms with Crippen LogP contribution in [0.4, 0.5) is 0 Å². The van der Waals surface area contributed by atoms with Gasteiger partial charge in [-0.1, -0.05) is 19.8 Å². The van der Waals surface area contributed by atoms with Gasteiger partial charge >= 0.3 is 0 Å². The molecule has 0 heterocycles. The molecule has 0 bridgehead atoms. The lowest BCUT2D eigenvalue weighted by Crippen LogP contribution is -2.36. The molecular formula is C10H20N2O. The minimum Gasteiger partial charge on any atom is -0.370 e. The summed E-state index contributed by atoms with van der Waals surface area (Å²) in [5.41, 5.74) is 11.0. The van der Waals surface area contributed by atoms with Crippen molar-refractivity contribution in [1.29, 1.82) is 0 Å². The number of hydrogen-bond donors (Lipinski definition) is 2. The van der Waals surface area contributed by atoms with Gasteiger partial charge in [-0.3, -0.25) is 4.79 Å². The van der Waals surface area contributed by atoms with Crippen molar-refractivity contribution in [1.82, 2.24) is 0 Å². The summed E-state index contributed by atoms with van der Waals surface area (Å²) >= 11 is 0. The quantitative estimate of drug-likeness (QED) is 0.687. The normalized spacial score (nSPS) is 31.2. The van der Waals surface area contributed by atoms with E-state index in [1.165, 1.54) is 12.8 Å². The van der Waals surface area contributed by atoms with Gasteiger partial charge in [-0.2, -0.15) is 0 Å². The summed E-state index contributed by atoms with van der Waals surface area (Å²) in [6.07, 6.45) is 5.17. The molecule has 4 N–H and O–H groups in total. The van der Waals surface area contributed by atoms with Gasteiger partial charge in [0.15, 0.2) is 0 Å². The summed E-state index contributed by atoms with van der Waals surface area (Å²) in [5, 5.41) is 0. The molecule has 3 nitrogen and oxygen atoms in total. The van der Waals surface area contributed by atoms with Crippen molar-refractivity contribution >= 4 is 5.91 Å². The Morgan fingerprint density at radius 2 is 1.92 bits per heavy atom. The summed E-state index contributed by atoms with van der Waals surface area (Å²) in [5.74, 6) is 1.08. The Morgan fingerprint density at radius 1 is 1.38 bits per heavy atom. The summed E-state index contributed by atoms with van der Waals surface area (Å²) in [7, 11) is 0. The number of carbonyl (C=O) groups excluding carboxylic acids is 1. The predicted octanol–water partition coefficient (Wildman–Crippen LogP) is 1.02. The monoisotopic (exact) mass is 184 g/mol. The standard InChI is InChI=1S/C10H20N2O/c1-7-2-4-8(5-3-7)9(11)6-10(12)13/h7-9H,2-6,11H2,1H3,(H2,12,13)/t7?,8?,9-/m0/s1. The fourth-order valence-corrected chi connectivity index (χ4v) is 2.11. The molecule has 0 aromatic carbocycles. The van der Waals surface area contributed by atoms with Gasteiger partial charge in [-0.05, 0) is 24.7 Å². The highest BCUT2D eigenvalue weighted by molar-refractivity contribution is 5.74. The van der Waals surface area contributed by atoms with Crippen LogP contribution in [0.3, 0.4) is 0 Å². The van der Waals surface area contributed by atoms with E-state index in [0.717, 1.165) is 18.8 Å². The Morgan fingerprint density at radius 3 is 2.38 bits per heavy atom. The third kappa shape index (κ3) is 3.35. The zero-order valence-electron chi connectivity index (χ0n) is 8.33. The Kier molecular flexibility index (Phi) is 3.72. The number of amides is 1. The van der Waals surface area contributed by atoms with E-state index in [-0.39, 0.29) is 11.9 Å². The fraction of sp³-hybridized carbons (Fsp3) is 0.900. The Balaban J connectivity index is 2.31. The smallest absolute Gasteiger partial charge is 0.218 e. The van der Waals surface area contributed by atoms with Gasteiger partial charge in [-0.15, -0.1) is 0 Å². The van der Waals surface area contributed by atoms with Gasteiger partial charge in [0.2, 0.25) is 5.91 Å². The molecule has 0 radical (unpaired) electrons. The zero-order chi connectivity index (χ0) is 9.84. The lowest BCUT2D eigenvalue weighted by molar-refractivity contribution is -0.118. The van der Waals surface area contributed by atoms with E-state index in [9.17, 15) is 4.79 Å². The van der Waals surface area contributed by atoms with E-state index in [1.54, 1.807) is 0 Å². The molecule has 0 spiro atoms. The molecule has 1 amide bonds. The molecule has 0 aliphatic heterocycles. The van der Waals surface area contributed by atoms with Crippen molar-refractivity contribution in [3.63, 3.8) is 0 Å². The van der Waals surface area contributed by atoms with Crippen molar-refractivity contribution in [3.05, 3.63) is 0 Å². The van der Waals surface area contributed by atoms with Crippen LogP contribution in [0.25, 0.3) is 0 Å². The molecule has 13 heavy (non-hydrogen) atoms. The van der Waals surface area contributed by atoms with E-state index < -0.39 is 0 Å². The van der Waals surface area contributed by atoms with Crippen molar-refractivity contribution in [2.24, 2.45) is 23.3 Å². The first-order valence-corrected chi connectivity index (χ1v) is 5.13. The molecular weight excluding hydrogens is 164 g/mol. The summed E-state index contributed by atoms with van der Waals surface area (Å²) in [6.45, 7) is 2.27. The van der Waals surface area contributed by atoms with Crippen LogP contribution < -0.4 is 11.5 Å². The van der Waals surface area contributed by atoms with E-state index >= 15 is 0 Å². The maximum atomic E-state index is 10.7. The highest BCUT2D eigenvalue weighted by Crippen LogP contribution is 2.30. The fourth-order valence-electron chi connectivity index (χ4n) is 2.11. The molecule has 1 aliphatic carbocycles. The predicted molar refractivity (Wildman–Crippen MR) is 52.9 cm³/mol. The topological polar surface area (TPSA) is 69.1 Å². The number of nitrogens with two attached hydrogens (primary N) is 2. The second-order valence-electron chi connectivity index (χ2n) is 4.35. The van der Waals surface area contributed by atoms with E-state index in [1.807, 2.05) is 0 Å². The summed E-state index contributed by atoms with van der Waals surface area (Å²) in [4.78, 5) is 10.7. The summed E-state index contributed by atoms with van der Waals surface area (Å²) < 4.78 is 0. The Bertz CT molecular complexity index is 174. The second-order valence-corrected chi connectivity index (χ2v) is 4.35. The molecule has 0 saturated heterocycles. The minimum absolute atomic E-state index is 0.00926. The lowest BCUT2D eigenvalue weighted by Gasteiger charge is -2.29. The molecule has 1 fully saturated rings. The molecule has 0 unspecified atom stereocenters. The Hall–Kier alpha value is -0.570. The van der Waals surface area contributed by atoms with Crippen LogP contribution in [0.2, 0.25) is 0 Å². The van der Waals surface area contributed by atoms with Gasteiger partial charge in [0.05, 0.1) is 0 Å². The molecule has 76 valence electrons. The van der Waals surface area contributed by atoms with Crippen molar-refractivity contribution in [3.8, 4) is 0 Å². The molecule has 3 heteroatoms. The van der Waals surface area contributed by atoms with Crippen molar-refractivity contribution < 1.29 is 4.79 Å². The van der Waals surface area contributed by atoms with E-state index in [4.69, 9.17) is 11.5 Å². The number of rotatable bonds is 3. The maximum Gasteiger partial charge on any atom is 0.218 e. The largest absolute Gasteiger partial charge is 0.370 e. The first kappa shape index (κ1) is 10.5. The summed E-state index contributed by atoms with van der Waals surface area (Å²) in [6, 6.07) is -0.00926. The van der Waals surface area contributed by atoms with Crippen LogP contribution >= 0.6 is 0 Å². The van der Waals surface area contributed by atoms with Gasteiger partial charge in [0.25, 0.3) is 0 Å². The maximum absolute atomic E-state index is 10.7. The van der Waals surface area contributed by atoms with Crippen LogP contribution in [-0.2, 0) is 4.79 Å². The number of carbonyl (C=O) groups is 1. The highest BCUT2D eigenvalue weighted by atomic mass is 16.1. The van der Waals surface area contributed by atoms with Crippen LogP contribution in [0.1, 0.15) is 39.0 Å². The van der Waals surface area contributed by atoms with Gasteiger partial charge in [-0.25, -0.2) is 0 Å². The highest BCUT2D eigenvalue weighted by Gasteiger charge is 2.24. The van der Waals surface area contributed by atoms with Crippen LogP contribution in [-0.4, -0.2) is 11.9 Å². The molecule has 1 atom stereocenters. The molecule has 0 aromatic rings. The average Bonchev–Trinajstić information content (AvgIpc) is 2.04. The minimum atomic E-state index is -0.272. The first-order valence-electron chi connectivity index (χ1n) is 5.13. The number of primary amides is 1. The average molecular weight is 184 g/mol. The molecule has 1 aliphatic rings. The Labute approximate surface area is 79.9 Å². The number of hydrogen-bond acceptors (Lipinski definition) is 2. The third-order valence-corrected chi connectivity index (χ3v) is 3.10. The van der Waals surface area contributed by atoms with E-state index in [2.05, 4.69) is 6.92 Å². The third-order valence-electron chi connectivity index (χ3n) is 3.10. The van der Waals surface area contributed by atoms with Crippen LogP contribution in [0.15, 0.2) is 0 Å². The van der Waals surface area contributed by atoms with Crippen molar-refractivity contribution in [2.45, 2.75) is 45.1 Å². The van der Waals surface area contributed by atoms with Gasteiger partial charge in [0, 0.05) is 12.5 Å². The first-order chi connectivity index (χ1) is 6.09. The van der Waals surface area contributed by atoms with Gasteiger partial charge in [0.1, 0.15) is 0 Å². The molecule has 1 saturated carbocycles. The van der Waals surface area contributed by atoms with Crippen molar-refractivity contribution in [2.75, 3.05) is 0 Å². The molecule has 1 rings (SSSR count). The second kappa shape index (κ2) is 4.61.